The minimum Gasteiger partial charge on any atom is -0.340 e. The number of aromatic nitrogens is 1. The molecule has 1 aromatic heterocycles. The Morgan fingerprint density at radius 2 is 2.10 bits per heavy atom. The molecular formula is C15H24BrN3O. The van der Waals surface area contributed by atoms with Crippen LogP contribution in [-0.2, 0) is 0 Å². The molecule has 0 radical (unpaired) electrons. The number of piperidine rings is 1. The van der Waals surface area contributed by atoms with Crippen LogP contribution >= 0.6 is 15.9 Å². The van der Waals surface area contributed by atoms with Crippen LogP contribution in [0.4, 0.5) is 0 Å². The van der Waals surface area contributed by atoms with Crippen LogP contribution in [-0.4, -0.2) is 35.0 Å². The summed E-state index contributed by atoms with van der Waals surface area (Å²) in [6.07, 6.45) is 5.22. The summed E-state index contributed by atoms with van der Waals surface area (Å²) in [6.45, 7) is 6.64. The standard InChI is InChI=1S/C15H24BrN3O/c1-11(2)19-10-13(16)9-14(19)15(20)18-7-4-12(3-6-17)5-8-18/h9-12H,3-8,17H2,1-2H3. The van der Waals surface area contributed by atoms with Gasteiger partial charge in [-0.3, -0.25) is 4.79 Å². The molecule has 1 saturated heterocycles. The lowest BCUT2D eigenvalue weighted by molar-refractivity contribution is 0.0675. The average Bonchev–Trinajstić information content (AvgIpc) is 2.81. The van der Waals surface area contributed by atoms with E-state index in [2.05, 4.69) is 29.8 Å². The van der Waals surface area contributed by atoms with Gasteiger partial charge in [0.15, 0.2) is 0 Å². The topological polar surface area (TPSA) is 51.3 Å². The summed E-state index contributed by atoms with van der Waals surface area (Å²) < 4.78 is 3.01. The summed E-state index contributed by atoms with van der Waals surface area (Å²) in [6, 6.07) is 2.21. The number of hydrogen-bond donors (Lipinski definition) is 1. The van der Waals surface area contributed by atoms with Gasteiger partial charge in [-0.1, -0.05) is 0 Å². The molecule has 2 N–H and O–H groups in total. The third kappa shape index (κ3) is 3.44. The normalized spacial score (nSPS) is 16.9. The average molecular weight is 342 g/mol. The van der Waals surface area contributed by atoms with Crippen molar-refractivity contribution in [2.24, 2.45) is 11.7 Å². The predicted molar refractivity (Wildman–Crippen MR) is 84.8 cm³/mol. The quantitative estimate of drug-likeness (QED) is 0.914. The number of nitrogens with zero attached hydrogens (tertiary/aromatic N) is 2. The van der Waals surface area contributed by atoms with Crippen LogP contribution in [0.25, 0.3) is 0 Å². The summed E-state index contributed by atoms with van der Waals surface area (Å²) in [5, 5.41) is 0. The third-order valence-corrected chi connectivity index (χ3v) is 4.50. The molecule has 1 aliphatic rings. The van der Waals surface area contributed by atoms with E-state index in [4.69, 9.17) is 5.73 Å². The Bertz CT molecular complexity index is 462. The Balaban J connectivity index is 2.05. The van der Waals surface area contributed by atoms with Crippen molar-refractivity contribution < 1.29 is 4.79 Å². The second-order valence-electron chi connectivity index (χ2n) is 5.86. The molecule has 0 aliphatic carbocycles. The number of likely N-dealkylation sites (tertiary alicyclic amines) is 1. The molecule has 0 spiro atoms. The van der Waals surface area contributed by atoms with Crippen LogP contribution in [0.2, 0.25) is 0 Å². The summed E-state index contributed by atoms with van der Waals surface area (Å²) in [5.74, 6) is 0.836. The van der Waals surface area contributed by atoms with Crippen LogP contribution in [0, 0.1) is 5.92 Å². The van der Waals surface area contributed by atoms with Crippen molar-refractivity contribution in [1.29, 1.82) is 0 Å². The van der Waals surface area contributed by atoms with Crippen molar-refractivity contribution in [3.8, 4) is 0 Å². The largest absolute Gasteiger partial charge is 0.340 e. The van der Waals surface area contributed by atoms with Gasteiger partial charge in [0.05, 0.1) is 0 Å². The molecule has 1 aliphatic heterocycles. The Kier molecular flexibility index (Phi) is 5.27. The van der Waals surface area contributed by atoms with Gasteiger partial charge >= 0.3 is 0 Å². The van der Waals surface area contributed by atoms with Crippen molar-refractivity contribution in [3.63, 3.8) is 0 Å². The maximum Gasteiger partial charge on any atom is 0.270 e. The zero-order chi connectivity index (χ0) is 14.7. The number of carbonyl (C=O) groups excluding carboxylic acids is 1. The molecule has 0 saturated carbocycles. The van der Waals surface area contributed by atoms with E-state index in [1.807, 2.05) is 21.7 Å². The molecule has 2 heterocycles. The summed E-state index contributed by atoms with van der Waals surface area (Å²) >= 11 is 3.47. The lowest BCUT2D eigenvalue weighted by Gasteiger charge is -2.32. The van der Waals surface area contributed by atoms with Gasteiger partial charge in [-0.25, -0.2) is 0 Å². The first-order valence-corrected chi connectivity index (χ1v) is 8.19. The monoisotopic (exact) mass is 341 g/mol. The van der Waals surface area contributed by atoms with E-state index in [-0.39, 0.29) is 11.9 Å². The number of halogens is 1. The molecule has 1 amide bonds. The molecule has 4 nitrogen and oxygen atoms in total. The van der Waals surface area contributed by atoms with E-state index in [0.29, 0.717) is 5.92 Å². The second-order valence-corrected chi connectivity index (χ2v) is 6.77. The van der Waals surface area contributed by atoms with Crippen molar-refractivity contribution in [2.75, 3.05) is 19.6 Å². The highest BCUT2D eigenvalue weighted by atomic mass is 79.9. The van der Waals surface area contributed by atoms with Crippen molar-refractivity contribution in [3.05, 3.63) is 22.4 Å². The highest BCUT2D eigenvalue weighted by molar-refractivity contribution is 9.10. The number of nitrogens with two attached hydrogens (primary N) is 1. The van der Waals surface area contributed by atoms with Crippen LogP contribution in [0.1, 0.15) is 49.6 Å². The molecule has 20 heavy (non-hydrogen) atoms. The maximum absolute atomic E-state index is 12.7. The Labute approximate surface area is 129 Å². The first-order chi connectivity index (χ1) is 9.52. The van der Waals surface area contributed by atoms with Crippen LogP contribution in [0.15, 0.2) is 16.7 Å². The number of rotatable bonds is 4. The summed E-state index contributed by atoms with van der Waals surface area (Å²) in [5.41, 5.74) is 6.39. The van der Waals surface area contributed by atoms with E-state index in [1.54, 1.807) is 0 Å². The predicted octanol–water partition coefficient (Wildman–Crippen LogP) is 3.03. The fourth-order valence-corrected chi connectivity index (χ4v) is 3.30. The summed E-state index contributed by atoms with van der Waals surface area (Å²) in [7, 11) is 0. The molecule has 1 fully saturated rings. The molecule has 1 aromatic rings. The van der Waals surface area contributed by atoms with Crippen LogP contribution < -0.4 is 5.73 Å². The van der Waals surface area contributed by atoms with Gasteiger partial charge in [0.2, 0.25) is 0 Å². The molecule has 0 atom stereocenters. The molecule has 2 rings (SSSR count). The minimum absolute atomic E-state index is 0.149. The zero-order valence-electron chi connectivity index (χ0n) is 12.3. The lowest BCUT2D eigenvalue weighted by Crippen LogP contribution is -2.39. The summed E-state index contributed by atoms with van der Waals surface area (Å²) in [4.78, 5) is 14.6. The van der Waals surface area contributed by atoms with Gasteiger partial charge in [-0.2, -0.15) is 0 Å². The van der Waals surface area contributed by atoms with Gasteiger partial charge in [0.1, 0.15) is 5.69 Å². The number of hydrogen-bond acceptors (Lipinski definition) is 2. The molecule has 0 aromatic carbocycles. The third-order valence-electron chi connectivity index (χ3n) is 4.07. The van der Waals surface area contributed by atoms with Crippen LogP contribution in [0.3, 0.4) is 0 Å². The molecule has 5 heteroatoms. The Morgan fingerprint density at radius 3 is 2.65 bits per heavy atom. The van der Waals surface area contributed by atoms with Gasteiger partial charge in [-0.15, -0.1) is 0 Å². The van der Waals surface area contributed by atoms with E-state index >= 15 is 0 Å². The maximum atomic E-state index is 12.7. The highest BCUT2D eigenvalue weighted by Crippen LogP contribution is 2.24. The van der Waals surface area contributed by atoms with Crippen LogP contribution in [0.5, 0.6) is 0 Å². The number of amides is 1. The lowest BCUT2D eigenvalue weighted by atomic mass is 9.93. The highest BCUT2D eigenvalue weighted by Gasteiger charge is 2.25. The van der Waals surface area contributed by atoms with Crippen molar-refractivity contribution in [2.45, 2.75) is 39.2 Å². The SMILES string of the molecule is CC(C)n1cc(Br)cc1C(=O)N1CCC(CCN)CC1. The molecule has 112 valence electrons. The molecule has 0 bridgehead atoms. The van der Waals surface area contributed by atoms with Gasteiger partial charge in [0, 0.05) is 29.8 Å². The smallest absolute Gasteiger partial charge is 0.270 e. The molecule has 0 unspecified atom stereocenters. The minimum atomic E-state index is 0.149. The van der Waals surface area contributed by atoms with E-state index < -0.39 is 0 Å². The van der Waals surface area contributed by atoms with Crippen molar-refractivity contribution in [1.82, 2.24) is 9.47 Å². The van der Waals surface area contributed by atoms with Gasteiger partial charge in [0.25, 0.3) is 5.91 Å². The fourth-order valence-electron chi connectivity index (χ4n) is 2.87. The number of carbonyl (C=O) groups is 1. The Morgan fingerprint density at radius 1 is 1.45 bits per heavy atom. The zero-order valence-corrected chi connectivity index (χ0v) is 13.9. The first-order valence-electron chi connectivity index (χ1n) is 7.39. The first kappa shape index (κ1) is 15.6. The second kappa shape index (κ2) is 6.76. The van der Waals surface area contributed by atoms with Gasteiger partial charge < -0.3 is 15.2 Å². The van der Waals surface area contributed by atoms with E-state index in [9.17, 15) is 4.79 Å². The van der Waals surface area contributed by atoms with Gasteiger partial charge in [-0.05, 0) is 67.6 Å². The Hall–Kier alpha value is -0.810. The molecular weight excluding hydrogens is 318 g/mol. The van der Waals surface area contributed by atoms with E-state index in [0.717, 1.165) is 49.1 Å². The van der Waals surface area contributed by atoms with Crippen molar-refractivity contribution >= 4 is 21.8 Å². The van der Waals surface area contributed by atoms with E-state index in [1.165, 1.54) is 0 Å². The fraction of sp³-hybridized carbons (Fsp3) is 0.667.